The molecule has 3 atom stereocenters. The molecule has 0 bridgehead atoms. The zero-order valence-corrected chi connectivity index (χ0v) is 24.2. The minimum atomic E-state index is -4.40. The molecule has 41 heavy (non-hydrogen) atoms. The fourth-order valence-electron chi connectivity index (χ4n) is 5.52. The molecular formula is C32H42F3N3O3. The third-order valence-electron chi connectivity index (χ3n) is 7.73. The number of nitrogens with zero attached hydrogens (tertiary/aromatic N) is 1. The normalized spacial score (nSPS) is 17.7. The number of alkyl halides is 3. The number of carbonyl (C=O) groups excluding carboxylic acids is 3. The average molecular weight is 574 g/mol. The van der Waals surface area contributed by atoms with E-state index in [4.69, 9.17) is 5.73 Å². The summed E-state index contributed by atoms with van der Waals surface area (Å²) >= 11 is 0. The number of hydrogen-bond donors (Lipinski definition) is 2. The molecule has 1 heterocycles. The van der Waals surface area contributed by atoms with Gasteiger partial charge in [0.1, 0.15) is 6.04 Å². The maximum atomic E-state index is 13.6. The van der Waals surface area contributed by atoms with E-state index in [1.807, 2.05) is 45.0 Å². The van der Waals surface area contributed by atoms with Gasteiger partial charge in [0, 0.05) is 24.9 Å². The van der Waals surface area contributed by atoms with E-state index >= 15 is 0 Å². The summed E-state index contributed by atoms with van der Waals surface area (Å²) in [5.74, 6) is -1.97. The Morgan fingerprint density at radius 2 is 1.76 bits per heavy atom. The lowest BCUT2D eigenvalue weighted by Crippen LogP contribution is -2.50. The van der Waals surface area contributed by atoms with Gasteiger partial charge in [-0.3, -0.25) is 14.4 Å². The van der Waals surface area contributed by atoms with Crippen molar-refractivity contribution in [3.8, 4) is 11.1 Å². The highest BCUT2D eigenvalue weighted by atomic mass is 19.4. The molecule has 6 nitrogen and oxygen atoms in total. The first-order valence-electron chi connectivity index (χ1n) is 14.6. The Kier molecular flexibility index (Phi) is 11.4. The predicted molar refractivity (Wildman–Crippen MR) is 153 cm³/mol. The fourth-order valence-corrected chi connectivity index (χ4v) is 5.52. The van der Waals surface area contributed by atoms with Gasteiger partial charge in [-0.25, -0.2) is 0 Å². The van der Waals surface area contributed by atoms with Crippen molar-refractivity contribution in [1.82, 2.24) is 10.2 Å². The summed E-state index contributed by atoms with van der Waals surface area (Å²) in [5.41, 5.74) is 7.26. The smallest absolute Gasteiger partial charge is 0.369 e. The molecule has 0 aliphatic carbocycles. The van der Waals surface area contributed by atoms with Gasteiger partial charge >= 0.3 is 6.18 Å². The summed E-state index contributed by atoms with van der Waals surface area (Å²) in [6, 6.07) is 11.7. The van der Waals surface area contributed by atoms with Crippen LogP contribution in [0.2, 0.25) is 0 Å². The minimum absolute atomic E-state index is 0.174. The lowest BCUT2D eigenvalue weighted by molar-refractivity contribution is -0.139. The molecule has 0 radical (unpaired) electrons. The highest BCUT2D eigenvalue weighted by molar-refractivity contribution is 5.91. The van der Waals surface area contributed by atoms with Gasteiger partial charge in [0.05, 0.1) is 5.56 Å². The van der Waals surface area contributed by atoms with Gasteiger partial charge in [0.15, 0.2) is 0 Å². The lowest BCUT2D eigenvalue weighted by atomic mass is 9.81. The molecule has 1 saturated heterocycles. The third kappa shape index (κ3) is 9.07. The summed E-state index contributed by atoms with van der Waals surface area (Å²) < 4.78 is 38.9. The van der Waals surface area contributed by atoms with Gasteiger partial charge in [-0.2, -0.15) is 13.2 Å². The van der Waals surface area contributed by atoms with Crippen molar-refractivity contribution in [1.29, 1.82) is 0 Å². The van der Waals surface area contributed by atoms with E-state index in [0.29, 0.717) is 37.9 Å². The van der Waals surface area contributed by atoms with Gasteiger partial charge in [0.2, 0.25) is 17.7 Å². The largest absolute Gasteiger partial charge is 0.416 e. The van der Waals surface area contributed by atoms with Gasteiger partial charge < -0.3 is 16.0 Å². The number of primary amides is 1. The summed E-state index contributed by atoms with van der Waals surface area (Å²) in [7, 11) is 0. The Hall–Kier alpha value is -3.36. The maximum Gasteiger partial charge on any atom is 0.416 e. The van der Waals surface area contributed by atoms with Crippen LogP contribution in [0.4, 0.5) is 13.2 Å². The molecule has 1 aliphatic rings. The molecule has 3 N–H and O–H groups in total. The molecular weight excluding hydrogens is 531 g/mol. The molecule has 2 aromatic carbocycles. The average Bonchev–Trinajstić information content (AvgIpc) is 3.08. The number of carbonyl (C=O) groups is 3. The van der Waals surface area contributed by atoms with Crippen molar-refractivity contribution in [3.05, 3.63) is 59.7 Å². The Balaban J connectivity index is 1.75. The Morgan fingerprint density at radius 3 is 2.37 bits per heavy atom. The first-order chi connectivity index (χ1) is 19.4. The number of nitrogens with one attached hydrogen (secondary N) is 1. The number of unbranched alkanes of at least 4 members (excludes halogenated alkanes) is 1. The second-order valence-electron chi connectivity index (χ2n) is 11.5. The third-order valence-corrected chi connectivity index (χ3v) is 7.73. The van der Waals surface area contributed by atoms with E-state index < -0.39 is 35.5 Å². The fraction of sp³-hybridized carbons (Fsp3) is 0.531. The van der Waals surface area contributed by atoms with Crippen LogP contribution in [-0.4, -0.2) is 35.2 Å². The standard InChI is InChI=1S/C32H42F3N3O3/c1-4-5-11-26(29(36)39)27(18-21(2)3)30(40)37-28-12-6-7-17-38(31(28)41)20-22-9-8-10-24(19-22)23-13-15-25(16-14-23)32(33,34)35/h8-10,13-16,19,21,26-28H,4-7,11-12,17-18,20H2,1-3H3,(H2,36,39)(H,37,40)/t26-,27+,28-/m0/s1. The maximum absolute atomic E-state index is 13.6. The van der Waals surface area contributed by atoms with E-state index in [2.05, 4.69) is 5.32 Å². The monoisotopic (exact) mass is 573 g/mol. The molecule has 0 aromatic heterocycles. The molecule has 0 spiro atoms. The predicted octanol–water partition coefficient (Wildman–Crippen LogP) is 6.32. The molecule has 224 valence electrons. The van der Waals surface area contributed by atoms with Gasteiger partial charge in [-0.1, -0.05) is 63.9 Å². The second kappa shape index (κ2) is 14.5. The Labute approximate surface area is 240 Å². The first-order valence-corrected chi connectivity index (χ1v) is 14.6. The number of likely N-dealkylation sites (tertiary alicyclic amines) is 1. The van der Waals surface area contributed by atoms with Crippen LogP contribution in [0.3, 0.4) is 0 Å². The van der Waals surface area contributed by atoms with E-state index in [1.54, 1.807) is 4.90 Å². The molecule has 0 saturated carbocycles. The number of nitrogens with two attached hydrogens (primary N) is 1. The van der Waals surface area contributed by atoms with Crippen LogP contribution < -0.4 is 11.1 Å². The number of rotatable bonds is 12. The molecule has 0 unspecified atom stereocenters. The van der Waals surface area contributed by atoms with Crippen molar-refractivity contribution in [2.75, 3.05) is 6.54 Å². The Bertz CT molecular complexity index is 1180. The van der Waals surface area contributed by atoms with Crippen LogP contribution in [0, 0.1) is 17.8 Å². The minimum Gasteiger partial charge on any atom is -0.369 e. The van der Waals surface area contributed by atoms with Crippen LogP contribution in [0.5, 0.6) is 0 Å². The van der Waals surface area contributed by atoms with E-state index in [0.717, 1.165) is 48.9 Å². The van der Waals surface area contributed by atoms with Crippen LogP contribution >= 0.6 is 0 Å². The first kappa shape index (κ1) is 32.2. The SMILES string of the molecule is CCCC[C@H](C(N)=O)[C@@H](CC(C)C)C(=O)N[C@H]1CCCCN(Cc2cccc(-c3ccc(C(F)(F)F)cc3)c2)C1=O. The zero-order chi connectivity index (χ0) is 30.2. The van der Waals surface area contributed by atoms with Crippen LogP contribution in [0.1, 0.15) is 76.8 Å². The second-order valence-corrected chi connectivity index (χ2v) is 11.5. The van der Waals surface area contributed by atoms with Crippen molar-refractivity contribution >= 4 is 17.7 Å². The number of halogens is 3. The number of amides is 3. The molecule has 1 fully saturated rings. The summed E-state index contributed by atoms with van der Waals surface area (Å²) in [5, 5.41) is 2.97. The highest BCUT2D eigenvalue weighted by Crippen LogP contribution is 2.31. The van der Waals surface area contributed by atoms with Crippen molar-refractivity contribution in [2.45, 2.75) is 84.5 Å². The van der Waals surface area contributed by atoms with Crippen molar-refractivity contribution in [3.63, 3.8) is 0 Å². The van der Waals surface area contributed by atoms with Crippen molar-refractivity contribution < 1.29 is 27.6 Å². The van der Waals surface area contributed by atoms with E-state index in [1.165, 1.54) is 12.1 Å². The van der Waals surface area contributed by atoms with Gasteiger partial charge in [-0.15, -0.1) is 0 Å². The molecule has 9 heteroatoms. The highest BCUT2D eigenvalue weighted by Gasteiger charge is 2.36. The quantitative estimate of drug-likeness (QED) is 0.311. The lowest BCUT2D eigenvalue weighted by Gasteiger charge is -2.29. The van der Waals surface area contributed by atoms with Gasteiger partial charge in [-0.05, 0) is 72.9 Å². The summed E-state index contributed by atoms with van der Waals surface area (Å²) in [6.45, 7) is 6.86. The molecule has 2 aromatic rings. The summed E-state index contributed by atoms with van der Waals surface area (Å²) in [4.78, 5) is 41.1. The zero-order valence-electron chi connectivity index (χ0n) is 24.2. The Morgan fingerprint density at radius 1 is 1.05 bits per heavy atom. The topological polar surface area (TPSA) is 92.5 Å². The molecule has 3 amide bonds. The number of benzene rings is 2. The van der Waals surface area contributed by atoms with Crippen LogP contribution in [-0.2, 0) is 27.1 Å². The van der Waals surface area contributed by atoms with Gasteiger partial charge in [0.25, 0.3) is 0 Å². The van der Waals surface area contributed by atoms with Crippen molar-refractivity contribution in [2.24, 2.45) is 23.5 Å². The van der Waals surface area contributed by atoms with Crippen LogP contribution in [0.25, 0.3) is 11.1 Å². The van der Waals surface area contributed by atoms with Crippen LogP contribution in [0.15, 0.2) is 48.5 Å². The summed E-state index contributed by atoms with van der Waals surface area (Å²) in [6.07, 6.45) is 0.380. The van der Waals surface area contributed by atoms with E-state index in [-0.39, 0.29) is 17.7 Å². The number of hydrogen-bond acceptors (Lipinski definition) is 3. The van der Waals surface area contributed by atoms with E-state index in [9.17, 15) is 27.6 Å². The molecule has 3 rings (SSSR count). The molecule has 1 aliphatic heterocycles.